The summed E-state index contributed by atoms with van der Waals surface area (Å²) in [4.78, 5) is 10.6. The Bertz CT molecular complexity index is 410. The summed E-state index contributed by atoms with van der Waals surface area (Å²) in [6.45, 7) is 0. The van der Waals surface area contributed by atoms with E-state index in [1.165, 1.54) is 6.07 Å². The number of carbonyl (C=O) groups is 1. The summed E-state index contributed by atoms with van der Waals surface area (Å²) in [6, 6.07) is 5.21. The minimum Gasteiger partial charge on any atom is -0.478 e. The molecule has 0 aromatic heterocycles. The lowest BCUT2D eigenvalue weighted by molar-refractivity contribution is 0.0696. The molecule has 0 atom stereocenters. The van der Waals surface area contributed by atoms with Gasteiger partial charge in [-0.05, 0) is 17.6 Å². The van der Waals surface area contributed by atoms with Crippen molar-refractivity contribution in [1.29, 1.82) is 5.26 Å². The van der Waals surface area contributed by atoms with Gasteiger partial charge in [-0.15, -0.1) is 0 Å². The number of hydrogen-bond acceptors (Lipinski definition) is 4. The lowest BCUT2D eigenvalue weighted by Gasteiger charge is -2.02. The lowest BCUT2D eigenvalue weighted by Crippen LogP contribution is -2.30. The van der Waals surface area contributed by atoms with Crippen molar-refractivity contribution in [2.75, 3.05) is 0 Å². The number of hydrogen-bond donors (Lipinski definition) is 3. The third-order valence-corrected chi connectivity index (χ3v) is 1.69. The quantitative estimate of drug-likeness (QED) is 0.517. The predicted molar refractivity (Wildman–Crippen MR) is 47.9 cm³/mol. The van der Waals surface area contributed by atoms with E-state index in [-0.39, 0.29) is 16.6 Å². The molecule has 0 heterocycles. The van der Waals surface area contributed by atoms with Gasteiger partial charge in [0.25, 0.3) is 0 Å². The van der Waals surface area contributed by atoms with Gasteiger partial charge < -0.3 is 15.2 Å². The van der Waals surface area contributed by atoms with E-state index >= 15 is 0 Å². The summed E-state index contributed by atoms with van der Waals surface area (Å²) in [5.74, 6) is -1.22. The number of rotatable bonds is 2. The monoisotopic (exact) mass is 191 g/mol. The van der Waals surface area contributed by atoms with Gasteiger partial charge in [0.2, 0.25) is 0 Å². The summed E-state index contributed by atoms with van der Waals surface area (Å²) in [5, 5.41) is 34.8. The van der Waals surface area contributed by atoms with E-state index in [9.17, 15) is 4.79 Å². The molecule has 70 valence electrons. The maximum atomic E-state index is 10.6. The second kappa shape index (κ2) is 3.92. The van der Waals surface area contributed by atoms with Crippen LogP contribution >= 0.6 is 0 Å². The Labute approximate surface area is 80.0 Å². The fourth-order valence-corrected chi connectivity index (χ4v) is 1.00. The molecule has 14 heavy (non-hydrogen) atoms. The Balaban J connectivity index is 3.27. The predicted octanol–water partition coefficient (Wildman–Crippen LogP) is -1.06. The number of nitriles is 1. The molecule has 1 aromatic carbocycles. The highest BCUT2D eigenvalue weighted by molar-refractivity contribution is 6.58. The first-order valence-electron chi connectivity index (χ1n) is 3.69. The maximum Gasteiger partial charge on any atom is 0.488 e. The van der Waals surface area contributed by atoms with Gasteiger partial charge in [0.05, 0.1) is 11.1 Å². The van der Waals surface area contributed by atoms with Crippen molar-refractivity contribution < 1.29 is 19.9 Å². The van der Waals surface area contributed by atoms with Gasteiger partial charge in [0.15, 0.2) is 0 Å². The first-order chi connectivity index (χ1) is 6.56. The zero-order valence-corrected chi connectivity index (χ0v) is 7.01. The largest absolute Gasteiger partial charge is 0.488 e. The highest BCUT2D eigenvalue weighted by Gasteiger charge is 2.15. The van der Waals surface area contributed by atoms with Gasteiger partial charge >= 0.3 is 13.1 Å². The molecule has 0 aliphatic heterocycles. The summed E-state index contributed by atoms with van der Waals surface area (Å²) < 4.78 is 0. The van der Waals surface area contributed by atoms with E-state index in [0.717, 1.165) is 12.1 Å². The van der Waals surface area contributed by atoms with Crippen molar-refractivity contribution >= 4 is 18.6 Å². The first kappa shape index (κ1) is 10.2. The average molecular weight is 191 g/mol. The van der Waals surface area contributed by atoms with E-state index in [1.54, 1.807) is 6.07 Å². The molecule has 0 bridgehead atoms. The molecule has 0 unspecified atom stereocenters. The Hall–Kier alpha value is -1.84. The van der Waals surface area contributed by atoms with Crippen LogP contribution < -0.4 is 5.46 Å². The molecule has 0 amide bonds. The SMILES string of the molecule is N#Cc1cc(B(O)O)ccc1C(=O)O. The molecule has 5 nitrogen and oxygen atoms in total. The van der Waals surface area contributed by atoms with Gasteiger partial charge in [0, 0.05) is 0 Å². The highest BCUT2D eigenvalue weighted by atomic mass is 16.4. The molecule has 0 aliphatic rings. The van der Waals surface area contributed by atoms with Crippen LogP contribution in [0.5, 0.6) is 0 Å². The molecular weight excluding hydrogens is 185 g/mol. The number of aromatic carboxylic acids is 1. The van der Waals surface area contributed by atoms with E-state index in [2.05, 4.69) is 0 Å². The molecule has 3 N–H and O–H groups in total. The molecular formula is C8H6BNO4. The van der Waals surface area contributed by atoms with Crippen LogP contribution in [0.2, 0.25) is 0 Å². The Morgan fingerprint density at radius 1 is 1.43 bits per heavy atom. The van der Waals surface area contributed by atoms with Crippen LogP contribution in [0.1, 0.15) is 15.9 Å². The Morgan fingerprint density at radius 3 is 2.50 bits per heavy atom. The summed E-state index contributed by atoms with van der Waals surface area (Å²) in [7, 11) is -1.70. The molecule has 0 radical (unpaired) electrons. The smallest absolute Gasteiger partial charge is 0.478 e. The van der Waals surface area contributed by atoms with Gasteiger partial charge in [0.1, 0.15) is 6.07 Å². The molecule has 0 fully saturated rings. The topological polar surface area (TPSA) is 102 Å². The van der Waals surface area contributed by atoms with Crippen molar-refractivity contribution in [3.63, 3.8) is 0 Å². The van der Waals surface area contributed by atoms with Crippen LogP contribution in [0.4, 0.5) is 0 Å². The fraction of sp³-hybridized carbons (Fsp3) is 0. The van der Waals surface area contributed by atoms with E-state index in [0.29, 0.717) is 0 Å². The maximum absolute atomic E-state index is 10.6. The number of carboxylic acids is 1. The minimum atomic E-state index is -1.70. The van der Waals surface area contributed by atoms with Gasteiger partial charge in [-0.2, -0.15) is 5.26 Å². The fourth-order valence-electron chi connectivity index (χ4n) is 1.00. The zero-order valence-electron chi connectivity index (χ0n) is 7.01. The standard InChI is InChI=1S/C8H6BNO4/c10-4-5-3-6(9(13)14)1-2-7(5)8(11)12/h1-3,13-14H,(H,11,12). The summed E-state index contributed by atoms with van der Waals surface area (Å²) >= 11 is 0. The van der Waals surface area contributed by atoms with Crippen molar-refractivity contribution in [3.05, 3.63) is 29.3 Å². The molecule has 1 rings (SSSR count). The Kier molecular flexibility index (Phi) is 2.87. The normalized spacial score (nSPS) is 9.21. The summed E-state index contributed by atoms with van der Waals surface area (Å²) in [5.41, 5.74) is -0.161. The molecule has 0 spiro atoms. The van der Waals surface area contributed by atoms with Gasteiger partial charge in [-0.3, -0.25) is 0 Å². The lowest BCUT2D eigenvalue weighted by atomic mass is 9.79. The summed E-state index contributed by atoms with van der Waals surface area (Å²) in [6.07, 6.45) is 0. The highest BCUT2D eigenvalue weighted by Crippen LogP contribution is 2.05. The second-order valence-electron chi connectivity index (χ2n) is 2.60. The number of benzene rings is 1. The molecule has 0 saturated heterocycles. The van der Waals surface area contributed by atoms with E-state index in [4.69, 9.17) is 20.4 Å². The van der Waals surface area contributed by atoms with Crippen LogP contribution in [0.15, 0.2) is 18.2 Å². The molecule has 6 heteroatoms. The van der Waals surface area contributed by atoms with Gasteiger partial charge in [-0.1, -0.05) is 6.07 Å². The van der Waals surface area contributed by atoms with Crippen LogP contribution in [-0.4, -0.2) is 28.2 Å². The third-order valence-electron chi connectivity index (χ3n) is 1.69. The number of nitrogens with zero attached hydrogens (tertiary/aromatic N) is 1. The van der Waals surface area contributed by atoms with Crippen LogP contribution in [0, 0.1) is 11.3 Å². The van der Waals surface area contributed by atoms with Crippen LogP contribution in [0.3, 0.4) is 0 Å². The van der Waals surface area contributed by atoms with Crippen molar-refractivity contribution in [1.82, 2.24) is 0 Å². The van der Waals surface area contributed by atoms with Gasteiger partial charge in [-0.25, -0.2) is 4.79 Å². The van der Waals surface area contributed by atoms with E-state index in [1.807, 2.05) is 0 Å². The molecule has 1 aromatic rings. The van der Waals surface area contributed by atoms with Crippen LogP contribution in [-0.2, 0) is 0 Å². The van der Waals surface area contributed by atoms with Crippen LogP contribution in [0.25, 0.3) is 0 Å². The number of carboxylic acid groups (broad SMARTS) is 1. The minimum absolute atomic E-state index is 0.0894. The van der Waals surface area contributed by atoms with Crippen molar-refractivity contribution in [3.8, 4) is 6.07 Å². The first-order valence-corrected chi connectivity index (χ1v) is 3.69. The van der Waals surface area contributed by atoms with Crippen molar-refractivity contribution in [2.24, 2.45) is 0 Å². The second-order valence-corrected chi connectivity index (χ2v) is 2.60. The molecule has 0 aliphatic carbocycles. The average Bonchev–Trinajstić information content (AvgIpc) is 2.16. The zero-order chi connectivity index (χ0) is 10.7. The van der Waals surface area contributed by atoms with Crippen molar-refractivity contribution in [2.45, 2.75) is 0 Å². The molecule has 0 saturated carbocycles. The third kappa shape index (κ3) is 1.91. The van der Waals surface area contributed by atoms with E-state index < -0.39 is 13.1 Å². The Morgan fingerprint density at radius 2 is 2.07 bits per heavy atom.